The van der Waals surface area contributed by atoms with E-state index in [0.717, 1.165) is 83.3 Å². The molecular weight excluding hydrogens is 905 g/mol. The molecule has 2 N–H and O–H groups in total. The van der Waals surface area contributed by atoms with Crippen LogP contribution in [0, 0.1) is 0 Å². The first-order valence-electron chi connectivity index (χ1n) is 23.1. The zero-order chi connectivity index (χ0) is 47.4. The molecule has 0 amide bonds. The summed E-state index contributed by atoms with van der Waals surface area (Å²) < 4.78 is 13.5. The molecule has 4 aromatic carbocycles. The number of hydrogen-bond donors (Lipinski definition) is 2. The largest absolute Gasteiger partial charge is 1.00 e. The van der Waals surface area contributed by atoms with Crippen LogP contribution in [0.2, 0.25) is 46.3 Å². The molecule has 0 aromatic heterocycles. The Bertz CT molecular complexity index is 2010. The van der Waals surface area contributed by atoms with Crippen LogP contribution in [0.4, 0.5) is 0 Å². The third-order valence-corrected chi connectivity index (χ3v) is 24.1. The van der Waals surface area contributed by atoms with Gasteiger partial charge in [-0.2, -0.15) is 0 Å². The predicted octanol–water partition coefficient (Wildman–Crippen LogP) is 9.35. The van der Waals surface area contributed by atoms with E-state index in [1.54, 1.807) is 12.1 Å². The molecule has 0 spiro atoms. The van der Waals surface area contributed by atoms with E-state index in [-0.39, 0.29) is 66.1 Å². The van der Waals surface area contributed by atoms with Crippen LogP contribution in [-0.4, -0.2) is 110 Å². The molecule has 4 aromatic rings. The van der Waals surface area contributed by atoms with E-state index in [9.17, 15) is 9.90 Å². The van der Waals surface area contributed by atoms with E-state index in [1.807, 2.05) is 36.4 Å². The zero-order valence-corrected chi connectivity index (χ0v) is 47.8. The zero-order valence-electron chi connectivity index (χ0n) is 43.3. The molecule has 7 nitrogen and oxygen atoms in total. The molecule has 2 saturated heterocycles. The number of Topliss-reactive ketones (excluding diaryl/α,β-unsaturated/α-hetero) is 1. The Morgan fingerprint density at radius 2 is 0.985 bits per heavy atom. The van der Waals surface area contributed by atoms with E-state index >= 15 is 0 Å². The van der Waals surface area contributed by atoms with Crippen LogP contribution in [0.5, 0.6) is 0 Å². The second-order valence-corrected chi connectivity index (χ2v) is 31.5. The summed E-state index contributed by atoms with van der Waals surface area (Å²) in [7, 11) is -2.66. The minimum atomic E-state index is -1.84. The molecule has 2 aliphatic heterocycles. The number of benzene rings is 4. The number of carbonyl (C=O) groups is 1. The summed E-state index contributed by atoms with van der Waals surface area (Å²) in [5, 5.41) is 19.5. The SMILES string of the molecule is CC(C)(C)[Si](C)(C)OCC1(c2ccccc2)CCN(CC(=O)c2ccc(Cl)cc2)CC1.CC(C)(C)[Si](C)(C)OCC1(c2ccccc2)CCN(CC(O)c2ccc(Cl)cc2)CC1.CO.[B].[H-].[Na+]. The number of carbonyl (C=O) groups excluding carboxylic acids is 1. The third kappa shape index (κ3) is 16.8. The van der Waals surface area contributed by atoms with E-state index < -0.39 is 22.7 Å². The van der Waals surface area contributed by atoms with E-state index in [4.69, 9.17) is 37.2 Å². The van der Waals surface area contributed by atoms with Gasteiger partial charge in [0.15, 0.2) is 22.4 Å². The summed E-state index contributed by atoms with van der Waals surface area (Å²) in [6.45, 7) is 29.4. The Hall–Kier alpha value is -1.61. The number of likely N-dealkylation sites (tertiary alicyclic amines) is 2. The average Bonchev–Trinajstić information content (AvgIpc) is 3.27. The van der Waals surface area contributed by atoms with Crippen molar-refractivity contribution < 1.29 is 54.8 Å². The Labute approximate surface area is 437 Å². The Morgan fingerprint density at radius 3 is 1.35 bits per heavy atom. The maximum absolute atomic E-state index is 12.7. The van der Waals surface area contributed by atoms with Gasteiger partial charge in [0.25, 0.3) is 0 Å². The van der Waals surface area contributed by atoms with Crippen molar-refractivity contribution in [2.45, 2.75) is 120 Å². The first-order chi connectivity index (χ1) is 30.0. The summed E-state index contributed by atoms with van der Waals surface area (Å²) in [5.41, 5.74) is 4.44. The van der Waals surface area contributed by atoms with Crippen molar-refractivity contribution in [3.63, 3.8) is 0 Å². The molecule has 3 radical (unpaired) electrons. The van der Waals surface area contributed by atoms with Gasteiger partial charge >= 0.3 is 29.6 Å². The van der Waals surface area contributed by atoms with Crippen molar-refractivity contribution in [3.8, 4) is 0 Å². The van der Waals surface area contributed by atoms with Crippen LogP contribution in [-0.2, 0) is 19.7 Å². The number of halogens is 2. The van der Waals surface area contributed by atoms with E-state index in [2.05, 4.69) is 138 Å². The summed E-state index contributed by atoms with van der Waals surface area (Å²) in [6.07, 6.45) is 3.58. The van der Waals surface area contributed by atoms with Crippen molar-refractivity contribution in [2.75, 3.05) is 59.6 Å². The number of piperidine rings is 2. The average molecular weight is 985 g/mol. The van der Waals surface area contributed by atoms with Gasteiger partial charge in [-0.05, 0) is 141 Å². The summed E-state index contributed by atoms with van der Waals surface area (Å²) in [6, 6.07) is 36.4. The molecule has 2 fully saturated rings. The molecule has 1 atom stereocenters. The second kappa shape index (κ2) is 26.6. The van der Waals surface area contributed by atoms with Crippen molar-refractivity contribution >= 4 is 54.0 Å². The molecule has 1 unspecified atom stereocenters. The molecule has 66 heavy (non-hydrogen) atoms. The number of nitrogens with zero attached hydrogens (tertiary/aromatic N) is 2. The van der Waals surface area contributed by atoms with Crippen LogP contribution in [0.15, 0.2) is 109 Å². The Morgan fingerprint density at radius 1 is 0.636 bits per heavy atom. The number of β-amino-alcohol motifs (C(OH)–C–C–N with tert-alkyl or cyclic N) is 1. The van der Waals surface area contributed by atoms with Gasteiger partial charge in [-0.15, -0.1) is 0 Å². The summed E-state index contributed by atoms with van der Waals surface area (Å²) >= 11 is 11.9. The van der Waals surface area contributed by atoms with Crippen LogP contribution in [0.25, 0.3) is 0 Å². The maximum Gasteiger partial charge on any atom is 1.00 e. The van der Waals surface area contributed by atoms with Crippen molar-refractivity contribution in [3.05, 3.63) is 141 Å². The normalized spacial score (nSPS) is 17.1. The minimum absolute atomic E-state index is 0. The van der Waals surface area contributed by atoms with Gasteiger partial charge in [-0.1, -0.05) is 138 Å². The molecule has 6 rings (SSSR count). The van der Waals surface area contributed by atoms with Gasteiger partial charge in [0.1, 0.15) is 0 Å². The number of ketones is 1. The quantitative estimate of drug-likeness (QED) is 0.0964. The second-order valence-electron chi connectivity index (χ2n) is 21.0. The van der Waals surface area contributed by atoms with Crippen LogP contribution in [0.1, 0.15) is 102 Å². The fraction of sp³-hybridized carbons (Fsp3) is 0.528. The Kier molecular flexibility index (Phi) is 24.3. The summed E-state index contributed by atoms with van der Waals surface area (Å²) in [4.78, 5) is 17.4. The monoisotopic (exact) mass is 983 g/mol. The molecule has 357 valence electrons. The van der Waals surface area contributed by atoms with Gasteiger partial charge in [0.2, 0.25) is 0 Å². The number of aliphatic hydroxyl groups excluding tert-OH is 2. The van der Waals surface area contributed by atoms with Crippen molar-refractivity contribution in [1.29, 1.82) is 0 Å². The van der Waals surface area contributed by atoms with E-state index in [0.29, 0.717) is 23.1 Å². The number of aliphatic hydroxyl groups is 2. The van der Waals surface area contributed by atoms with Crippen molar-refractivity contribution in [2.24, 2.45) is 0 Å². The third-order valence-electron chi connectivity index (χ3n) is 14.6. The number of rotatable bonds is 14. The first-order valence-corrected chi connectivity index (χ1v) is 29.6. The maximum atomic E-state index is 12.7. The van der Waals surface area contributed by atoms with Crippen LogP contribution >= 0.6 is 23.2 Å². The first kappa shape index (κ1) is 60.5. The molecule has 13 heteroatoms. The topological polar surface area (TPSA) is 82.5 Å². The van der Waals surface area contributed by atoms with Gasteiger partial charge in [0.05, 0.1) is 12.6 Å². The van der Waals surface area contributed by atoms with Gasteiger partial charge in [-0.25, -0.2) is 0 Å². The minimum Gasteiger partial charge on any atom is -1.00 e. The van der Waals surface area contributed by atoms with Crippen LogP contribution < -0.4 is 29.6 Å². The molecule has 0 saturated carbocycles. The molecular formula is C53H79BCl2N2NaO5Si2. The predicted molar refractivity (Wildman–Crippen MR) is 281 cm³/mol. The van der Waals surface area contributed by atoms with Gasteiger partial charge < -0.3 is 25.4 Å². The standard InChI is InChI=1S/C26H38ClNO2Si.C26H36ClNO2Si.CH4O.B.Na.H/c2*1-25(2,3)31(4,5)30-20-26(22-9-7-6-8-10-22)15-17-28(18-16-26)19-24(29)21-11-13-23(27)14-12-21;1-2;;;/h6-14,24,29H,15-20H2,1-5H3;6-14H,15-20H2,1-5H3;2H,1H3;;;/q;;;;+1;-1. The molecule has 2 heterocycles. The molecule has 2 aliphatic rings. The fourth-order valence-electron chi connectivity index (χ4n) is 7.95. The Balaban J connectivity index is 0.000000619. The fourth-order valence-corrected chi connectivity index (χ4v) is 10.3. The van der Waals surface area contributed by atoms with Crippen LogP contribution in [0.3, 0.4) is 0 Å². The van der Waals surface area contributed by atoms with Crippen molar-refractivity contribution in [1.82, 2.24) is 9.80 Å². The molecule has 0 aliphatic carbocycles. The van der Waals surface area contributed by atoms with Gasteiger partial charge in [0, 0.05) is 61.7 Å². The molecule has 0 bridgehead atoms. The summed E-state index contributed by atoms with van der Waals surface area (Å²) in [5.74, 6) is 0.154. The number of hydrogen-bond acceptors (Lipinski definition) is 7. The van der Waals surface area contributed by atoms with Gasteiger partial charge in [-0.3, -0.25) is 9.69 Å². The smallest absolute Gasteiger partial charge is 1.00 e. The van der Waals surface area contributed by atoms with E-state index in [1.165, 1.54) is 11.1 Å².